The van der Waals surface area contributed by atoms with Crippen molar-refractivity contribution in [2.45, 2.75) is 109 Å². The second-order valence-electron chi connectivity index (χ2n) is 13.9. The molecule has 1 aromatic rings. The summed E-state index contributed by atoms with van der Waals surface area (Å²) in [6.07, 6.45) is 4.35. The van der Waals surface area contributed by atoms with E-state index in [1.165, 1.54) is 30.1 Å². The highest BCUT2D eigenvalue weighted by Crippen LogP contribution is 2.48. The molecular formula is C38H58ClN3O9S. The van der Waals surface area contributed by atoms with Gasteiger partial charge in [0.1, 0.15) is 40.3 Å². The molecule has 0 bridgehead atoms. The lowest BCUT2D eigenvalue weighted by molar-refractivity contribution is -0.297. The number of ether oxygens (including phenoxy) is 5. The summed E-state index contributed by atoms with van der Waals surface area (Å²) < 4.78 is 29.6. The molecule has 2 heterocycles. The standard InChI is InChI=1S/C38H58ClN3O9S/c1-12-23(3)16-26-17-29(35(39)30(18-26)47-9)42(8)34(44)20-32(50-36(45)24(4)41(7)33(43)14-15-52-11)37(6)28(25(5)51-37)19-27-21-38(46,40-22-49-27)31(13-2)48-10/h12-13,17-18,24-25,27-28,31-32,40,46H,2,14-16,19-22H2,1,3-11H3/b23-12+/t24-,25?,27?,28?,31+,32-,37?,38-/m0/s1. The number of carbonyl (C=O) groups excluding carboxylic acids is 3. The maximum Gasteiger partial charge on any atom is 0.328 e. The predicted octanol–water partition coefficient (Wildman–Crippen LogP) is 5.13. The highest BCUT2D eigenvalue weighted by Gasteiger charge is 2.58. The molecule has 2 amide bonds. The number of hydrogen-bond donors (Lipinski definition) is 2. The number of benzene rings is 1. The van der Waals surface area contributed by atoms with E-state index in [2.05, 4.69) is 11.9 Å². The molecule has 2 N–H and O–H groups in total. The SMILES string of the molecule is C=C[C@@H](OC)[C@@]1(O)CC(CC2C(C)OC2(C)[C@H](CC(=O)N(C)c2cc(C/C(C)=C/C)cc(OC)c2Cl)OC(=O)[C@H](C)N(C)C(=O)CCSC)OCN1. The minimum atomic E-state index is -1.41. The molecule has 4 unspecified atom stereocenters. The number of anilines is 1. The van der Waals surface area contributed by atoms with Gasteiger partial charge in [-0.2, -0.15) is 11.8 Å². The zero-order valence-electron chi connectivity index (χ0n) is 32.3. The molecule has 292 valence electrons. The van der Waals surface area contributed by atoms with Crippen molar-refractivity contribution in [1.29, 1.82) is 0 Å². The van der Waals surface area contributed by atoms with E-state index in [4.69, 9.17) is 35.3 Å². The Labute approximate surface area is 318 Å². The van der Waals surface area contributed by atoms with Gasteiger partial charge in [0.25, 0.3) is 0 Å². The summed E-state index contributed by atoms with van der Waals surface area (Å²) >= 11 is 8.30. The van der Waals surface area contributed by atoms with Gasteiger partial charge in [-0.15, -0.1) is 6.58 Å². The van der Waals surface area contributed by atoms with Gasteiger partial charge < -0.3 is 38.6 Å². The van der Waals surface area contributed by atoms with Crippen molar-refractivity contribution in [2.75, 3.05) is 52.0 Å². The van der Waals surface area contributed by atoms with Gasteiger partial charge in [0.15, 0.2) is 0 Å². The number of rotatable bonds is 18. The summed E-state index contributed by atoms with van der Waals surface area (Å²) in [7, 11) is 6.21. The Morgan fingerprint density at radius 1 is 1.25 bits per heavy atom. The van der Waals surface area contributed by atoms with E-state index in [0.29, 0.717) is 30.0 Å². The number of aliphatic hydroxyl groups is 1. The fraction of sp³-hybridized carbons (Fsp3) is 0.658. The zero-order chi connectivity index (χ0) is 39.0. The average molecular weight is 768 g/mol. The van der Waals surface area contributed by atoms with E-state index in [1.54, 1.807) is 32.8 Å². The number of hydrogen-bond acceptors (Lipinski definition) is 11. The topological polar surface area (TPSA) is 136 Å². The Balaban J connectivity index is 1.95. The number of methoxy groups -OCH3 is 2. The van der Waals surface area contributed by atoms with Crippen LogP contribution in [0.1, 0.15) is 65.9 Å². The summed E-state index contributed by atoms with van der Waals surface area (Å²) in [6, 6.07) is 2.79. The predicted molar refractivity (Wildman–Crippen MR) is 205 cm³/mol. The summed E-state index contributed by atoms with van der Waals surface area (Å²) in [5.41, 5.74) is -0.0305. The number of carbonyl (C=O) groups is 3. The van der Waals surface area contributed by atoms with Gasteiger partial charge in [0.05, 0.1) is 38.2 Å². The Kier molecular flexibility index (Phi) is 16.1. The minimum Gasteiger partial charge on any atom is -0.495 e. The van der Waals surface area contributed by atoms with E-state index < -0.39 is 41.6 Å². The van der Waals surface area contributed by atoms with Crippen LogP contribution in [0.2, 0.25) is 5.02 Å². The molecule has 2 aliphatic heterocycles. The van der Waals surface area contributed by atoms with Crippen LogP contribution in [0, 0.1) is 5.92 Å². The molecule has 14 heteroatoms. The molecule has 0 spiro atoms. The third kappa shape index (κ3) is 10.1. The third-order valence-corrected chi connectivity index (χ3v) is 11.5. The molecule has 1 aromatic carbocycles. The zero-order valence-corrected chi connectivity index (χ0v) is 33.9. The van der Waals surface area contributed by atoms with Crippen molar-refractivity contribution in [1.82, 2.24) is 10.2 Å². The Morgan fingerprint density at radius 3 is 2.52 bits per heavy atom. The van der Waals surface area contributed by atoms with Crippen molar-refractivity contribution >= 4 is 46.8 Å². The molecule has 52 heavy (non-hydrogen) atoms. The van der Waals surface area contributed by atoms with Crippen LogP contribution >= 0.6 is 23.4 Å². The molecule has 12 nitrogen and oxygen atoms in total. The van der Waals surface area contributed by atoms with E-state index in [9.17, 15) is 19.5 Å². The highest BCUT2D eigenvalue weighted by atomic mass is 35.5. The van der Waals surface area contributed by atoms with Crippen LogP contribution < -0.4 is 15.0 Å². The van der Waals surface area contributed by atoms with Crippen molar-refractivity contribution in [3.8, 4) is 5.75 Å². The Morgan fingerprint density at radius 2 is 1.94 bits per heavy atom. The van der Waals surface area contributed by atoms with Gasteiger partial charge in [-0.1, -0.05) is 29.3 Å². The van der Waals surface area contributed by atoms with Crippen LogP contribution in [0.15, 0.2) is 36.4 Å². The van der Waals surface area contributed by atoms with E-state index in [0.717, 1.165) is 11.1 Å². The summed E-state index contributed by atoms with van der Waals surface area (Å²) in [5, 5.41) is 14.6. The van der Waals surface area contributed by atoms with Crippen LogP contribution in [0.25, 0.3) is 0 Å². The first-order chi connectivity index (χ1) is 24.5. The number of amides is 2. The van der Waals surface area contributed by atoms with Crippen molar-refractivity contribution < 1.29 is 43.2 Å². The number of likely N-dealkylation sites (N-methyl/N-ethyl adjacent to an activating group) is 1. The first-order valence-corrected chi connectivity index (χ1v) is 19.4. The second kappa shape index (κ2) is 19.1. The largest absolute Gasteiger partial charge is 0.495 e. The van der Waals surface area contributed by atoms with Crippen LogP contribution in [-0.4, -0.2) is 117 Å². The maximum atomic E-state index is 14.2. The van der Waals surface area contributed by atoms with Crippen LogP contribution in [0.5, 0.6) is 5.75 Å². The van der Waals surface area contributed by atoms with Gasteiger partial charge in [0.2, 0.25) is 11.8 Å². The van der Waals surface area contributed by atoms with E-state index >= 15 is 0 Å². The number of nitrogens with one attached hydrogen (secondary N) is 1. The van der Waals surface area contributed by atoms with Crippen LogP contribution in [-0.2, 0) is 39.8 Å². The van der Waals surface area contributed by atoms with Gasteiger partial charge in [-0.25, -0.2) is 4.79 Å². The summed E-state index contributed by atoms with van der Waals surface area (Å²) in [6.45, 7) is 13.2. The van der Waals surface area contributed by atoms with E-state index in [1.807, 2.05) is 52.2 Å². The molecule has 8 atom stereocenters. The number of halogens is 1. The maximum absolute atomic E-state index is 14.2. The van der Waals surface area contributed by atoms with Crippen molar-refractivity contribution in [2.24, 2.45) is 5.92 Å². The monoisotopic (exact) mass is 767 g/mol. The molecule has 0 aromatic heterocycles. The van der Waals surface area contributed by atoms with Gasteiger partial charge in [-0.05, 0) is 71.4 Å². The Hall–Kier alpha value is -2.65. The molecule has 3 rings (SSSR count). The van der Waals surface area contributed by atoms with Crippen molar-refractivity contribution in [3.63, 3.8) is 0 Å². The van der Waals surface area contributed by atoms with Crippen molar-refractivity contribution in [3.05, 3.63) is 47.0 Å². The highest BCUT2D eigenvalue weighted by molar-refractivity contribution is 7.98. The average Bonchev–Trinajstić information content (AvgIpc) is 3.12. The summed E-state index contributed by atoms with van der Waals surface area (Å²) in [4.78, 5) is 43.6. The lowest BCUT2D eigenvalue weighted by Gasteiger charge is -2.56. The third-order valence-electron chi connectivity index (χ3n) is 10.5. The molecule has 2 saturated heterocycles. The quantitative estimate of drug-likeness (QED) is 0.152. The smallest absolute Gasteiger partial charge is 0.328 e. The fourth-order valence-corrected chi connectivity index (χ4v) is 7.62. The molecule has 0 saturated carbocycles. The van der Waals surface area contributed by atoms with Gasteiger partial charge in [0, 0.05) is 45.7 Å². The van der Waals surface area contributed by atoms with Gasteiger partial charge in [-0.3, -0.25) is 14.9 Å². The molecule has 0 radical (unpaired) electrons. The first-order valence-electron chi connectivity index (χ1n) is 17.6. The summed E-state index contributed by atoms with van der Waals surface area (Å²) in [5.74, 6) is -0.413. The second-order valence-corrected chi connectivity index (χ2v) is 15.3. The molecular weight excluding hydrogens is 710 g/mol. The number of esters is 1. The van der Waals surface area contributed by atoms with E-state index in [-0.39, 0.29) is 54.9 Å². The van der Waals surface area contributed by atoms with Crippen LogP contribution in [0.3, 0.4) is 0 Å². The number of nitrogens with zero attached hydrogens (tertiary/aromatic N) is 2. The van der Waals surface area contributed by atoms with Gasteiger partial charge >= 0.3 is 5.97 Å². The molecule has 0 aliphatic carbocycles. The lowest BCUT2D eigenvalue weighted by Crippen LogP contribution is -2.67. The normalized spacial score (nSPS) is 26.4. The van der Waals surface area contributed by atoms with Crippen LogP contribution in [0.4, 0.5) is 5.69 Å². The first kappa shape index (κ1) is 43.8. The fourth-order valence-electron chi connectivity index (χ4n) is 6.93. The number of allylic oxidation sites excluding steroid dienone is 2. The number of thioether (sulfide) groups is 1. The lowest BCUT2D eigenvalue weighted by atomic mass is 9.70. The molecule has 2 fully saturated rings. The molecule has 2 aliphatic rings. The minimum absolute atomic E-state index is 0.0838. The Bertz CT molecular complexity index is 1460.